The van der Waals surface area contributed by atoms with Crippen molar-refractivity contribution in [1.29, 1.82) is 0 Å². The zero-order valence-electron chi connectivity index (χ0n) is 18.1. The zero-order chi connectivity index (χ0) is 22.0. The van der Waals surface area contributed by atoms with Gasteiger partial charge >= 0.3 is 0 Å². The highest BCUT2D eigenvalue weighted by atomic mass is 16.5. The van der Waals surface area contributed by atoms with Crippen LogP contribution in [-0.4, -0.2) is 75.4 Å². The maximum absolute atomic E-state index is 13.0. The van der Waals surface area contributed by atoms with Crippen LogP contribution >= 0.6 is 0 Å². The smallest absolute Gasteiger partial charge is 0.276 e. The lowest BCUT2D eigenvalue weighted by atomic mass is 9.79. The van der Waals surface area contributed by atoms with Crippen LogP contribution < -0.4 is 0 Å². The Morgan fingerprint density at radius 2 is 1.94 bits per heavy atom. The van der Waals surface area contributed by atoms with E-state index in [1.165, 1.54) is 0 Å². The highest BCUT2D eigenvalue weighted by Crippen LogP contribution is 2.34. The van der Waals surface area contributed by atoms with Gasteiger partial charge in [0.05, 0.1) is 25.3 Å². The third-order valence-corrected chi connectivity index (χ3v) is 6.29. The summed E-state index contributed by atoms with van der Waals surface area (Å²) in [5, 5.41) is 8.24. The molecule has 0 atom stereocenters. The molecule has 2 saturated heterocycles. The molecule has 0 unspecified atom stereocenters. The normalized spacial score (nSPS) is 19.2. The second-order valence-corrected chi connectivity index (χ2v) is 8.58. The van der Waals surface area contributed by atoms with Crippen molar-refractivity contribution in [1.82, 2.24) is 30.1 Å². The molecule has 10 heteroatoms. The summed E-state index contributed by atoms with van der Waals surface area (Å²) in [5.41, 5.74) is 0.892. The van der Waals surface area contributed by atoms with Crippen LogP contribution in [0.4, 0.5) is 0 Å². The molecule has 3 aromatic heterocycles. The molecular formula is C22H26N6O4. The number of rotatable bonds is 5. The van der Waals surface area contributed by atoms with Gasteiger partial charge in [-0.1, -0.05) is 17.2 Å². The number of amides is 1. The number of aromatic nitrogens is 4. The monoisotopic (exact) mass is 438 g/mol. The first-order valence-electron chi connectivity index (χ1n) is 10.9. The van der Waals surface area contributed by atoms with Gasteiger partial charge in [0.2, 0.25) is 0 Å². The minimum absolute atomic E-state index is 0.104. The standard InChI is InChI=1S/C22H26N6O4/c1-22(21-24-19(32-26-21)16-3-2-6-23-14-16)4-7-28(8-5-22)20(29)18-13-17(31-25-18)15-27-9-11-30-12-10-27/h2-3,6,13-14H,4-5,7-12,15H2,1H3. The molecule has 5 heterocycles. The molecule has 2 aliphatic rings. The molecule has 32 heavy (non-hydrogen) atoms. The number of carbonyl (C=O) groups is 1. The van der Waals surface area contributed by atoms with E-state index in [9.17, 15) is 4.79 Å². The van der Waals surface area contributed by atoms with E-state index in [1.54, 1.807) is 18.5 Å². The van der Waals surface area contributed by atoms with Gasteiger partial charge in [-0.25, -0.2) is 0 Å². The van der Waals surface area contributed by atoms with E-state index in [1.807, 2.05) is 17.0 Å². The Kier molecular flexibility index (Phi) is 5.71. The van der Waals surface area contributed by atoms with Gasteiger partial charge in [-0.15, -0.1) is 0 Å². The Balaban J connectivity index is 1.20. The number of carbonyl (C=O) groups excluding carboxylic acids is 1. The van der Waals surface area contributed by atoms with E-state index >= 15 is 0 Å². The van der Waals surface area contributed by atoms with Crippen molar-refractivity contribution in [3.05, 3.63) is 47.9 Å². The Labute approximate surface area is 185 Å². The van der Waals surface area contributed by atoms with Crippen molar-refractivity contribution in [2.75, 3.05) is 39.4 Å². The van der Waals surface area contributed by atoms with E-state index in [0.717, 1.165) is 44.7 Å². The second-order valence-electron chi connectivity index (χ2n) is 8.58. The number of hydrogen-bond acceptors (Lipinski definition) is 9. The zero-order valence-corrected chi connectivity index (χ0v) is 18.1. The van der Waals surface area contributed by atoms with Gasteiger partial charge < -0.3 is 18.7 Å². The van der Waals surface area contributed by atoms with Crippen LogP contribution in [0.5, 0.6) is 0 Å². The molecule has 0 spiro atoms. The van der Waals surface area contributed by atoms with Gasteiger partial charge in [0.1, 0.15) is 0 Å². The summed E-state index contributed by atoms with van der Waals surface area (Å²) in [6, 6.07) is 5.48. The van der Waals surface area contributed by atoms with Gasteiger partial charge in [0.15, 0.2) is 17.3 Å². The number of nitrogens with zero attached hydrogens (tertiary/aromatic N) is 6. The summed E-state index contributed by atoms with van der Waals surface area (Å²) in [6.45, 7) is 7.09. The largest absolute Gasteiger partial charge is 0.379 e. The topological polar surface area (TPSA) is 111 Å². The van der Waals surface area contributed by atoms with Crippen molar-refractivity contribution in [3.8, 4) is 11.5 Å². The fraction of sp³-hybridized carbons (Fsp3) is 0.500. The number of piperidine rings is 1. The highest BCUT2D eigenvalue weighted by Gasteiger charge is 2.38. The van der Waals surface area contributed by atoms with Gasteiger partial charge in [-0.3, -0.25) is 14.7 Å². The molecule has 0 bridgehead atoms. The SMILES string of the molecule is CC1(c2noc(-c3cccnc3)n2)CCN(C(=O)c2cc(CN3CCOCC3)on2)CC1. The first kappa shape index (κ1) is 20.8. The fourth-order valence-electron chi connectivity index (χ4n) is 4.13. The lowest BCUT2D eigenvalue weighted by molar-refractivity contribution is 0.0305. The minimum atomic E-state index is -0.258. The Morgan fingerprint density at radius 1 is 1.12 bits per heavy atom. The molecule has 0 N–H and O–H groups in total. The summed E-state index contributed by atoms with van der Waals surface area (Å²) < 4.78 is 16.2. The molecule has 0 radical (unpaired) electrons. The fourth-order valence-corrected chi connectivity index (χ4v) is 4.13. The summed E-state index contributed by atoms with van der Waals surface area (Å²) in [6.07, 6.45) is 4.88. The predicted molar refractivity (Wildman–Crippen MR) is 113 cm³/mol. The Bertz CT molecular complexity index is 1050. The van der Waals surface area contributed by atoms with Crippen molar-refractivity contribution >= 4 is 5.91 Å². The number of likely N-dealkylation sites (tertiary alicyclic amines) is 1. The number of pyridine rings is 1. The van der Waals surface area contributed by atoms with Gasteiger partial charge in [-0.2, -0.15) is 4.98 Å². The molecule has 0 saturated carbocycles. The Morgan fingerprint density at radius 3 is 2.69 bits per heavy atom. The summed E-state index contributed by atoms with van der Waals surface area (Å²) in [5.74, 6) is 1.72. The summed E-state index contributed by atoms with van der Waals surface area (Å²) in [7, 11) is 0. The molecule has 5 rings (SSSR count). The highest BCUT2D eigenvalue weighted by molar-refractivity contribution is 5.92. The number of hydrogen-bond donors (Lipinski definition) is 0. The van der Waals surface area contributed by atoms with Gasteiger partial charge in [-0.05, 0) is 25.0 Å². The van der Waals surface area contributed by atoms with Crippen molar-refractivity contribution in [2.24, 2.45) is 0 Å². The van der Waals surface area contributed by atoms with Crippen molar-refractivity contribution < 1.29 is 18.6 Å². The van der Waals surface area contributed by atoms with Crippen LogP contribution in [-0.2, 0) is 16.7 Å². The first-order valence-corrected chi connectivity index (χ1v) is 10.9. The van der Waals surface area contributed by atoms with E-state index in [0.29, 0.717) is 42.8 Å². The van der Waals surface area contributed by atoms with Crippen molar-refractivity contribution in [2.45, 2.75) is 31.7 Å². The summed E-state index contributed by atoms with van der Waals surface area (Å²) in [4.78, 5) is 25.7. The third kappa shape index (κ3) is 4.28. The van der Waals surface area contributed by atoms with E-state index in [2.05, 4.69) is 32.1 Å². The molecule has 168 valence electrons. The van der Waals surface area contributed by atoms with Gasteiger partial charge in [0, 0.05) is 50.1 Å². The van der Waals surface area contributed by atoms with Crippen LogP contribution in [0.1, 0.15) is 41.8 Å². The summed E-state index contributed by atoms with van der Waals surface area (Å²) >= 11 is 0. The van der Waals surface area contributed by atoms with Gasteiger partial charge in [0.25, 0.3) is 11.8 Å². The second kappa shape index (κ2) is 8.79. The maximum atomic E-state index is 13.0. The maximum Gasteiger partial charge on any atom is 0.276 e. The van der Waals surface area contributed by atoms with Crippen LogP contribution in [0.2, 0.25) is 0 Å². The van der Waals surface area contributed by atoms with E-state index in [-0.39, 0.29) is 11.3 Å². The average molecular weight is 438 g/mol. The van der Waals surface area contributed by atoms with Crippen LogP contribution in [0.3, 0.4) is 0 Å². The van der Waals surface area contributed by atoms with Crippen molar-refractivity contribution in [3.63, 3.8) is 0 Å². The molecule has 1 amide bonds. The molecular weight excluding hydrogens is 412 g/mol. The third-order valence-electron chi connectivity index (χ3n) is 6.29. The lowest BCUT2D eigenvalue weighted by Crippen LogP contribution is -2.44. The predicted octanol–water partition coefficient (Wildman–Crippen LogP) is 2.15. The molecule has 0 aliphatic carbocycles. The van der Waals surface area contributed by atoms with Crippen LogP contribution in [0, 0.1) is 0 Å². The molecule has 10 nitrogen and oxygen atoms in total. The number of ether oxygens (including phenoxy) is 1. The number of morpholine rings is 1. The Hall–Kier alpha value is -3.11. The van der Waals surface area contributed by atoms with Crippen LogP contribution in [0.15, 0.2) is 39.6 Å². The minimum Gasteiger partial charge on any atom is -0.379 e. The molecule has 3 aromatic rings. The lowest BCUT2D eigenvalue weighted by Gasteiger charge is -2.36. The first-order chi connectivity index (χ1) is 15.6. The average Bonchev–Trinajstić information content (AvgIpc) is 3.51. The quantitative estimate of drug-likeness (QED) is 0.591. The molecule has 0 aromatic carbocycles. The van der Waals surface area contributed by atoms with Crippen LogP contribution in [0.25, 0.3) is 11.5 Å². The van der Waals surface area contributed by atoms with E-state index < -0.39 is 0 Å². The molecule has 2 fully saturated rings. The molecule has 2 aliphatic heterocycles. The van der Waals surface area contributed by atoms with E-state index in [4.69, 9.17) is 13.8 Å².